The Balaban J connectivity index is 1.88. The van der Waals surface area contributed by atoms with Gasteiger partial charge in [0.05, 0.1) is 19.6 Å². The van der Waals surface area contributed by atoms with Gasteiger partial charge in [0.1, 0.15) is 5.82 Å². The van der Waals surface area contributed by atoms with Gasteiger partial charge in [-0.1, -0.05) is 12.1 Å². The van der Waals surface area contributed by atoms with E-state index in [9.17, 15) is 9.60 Å². The van der Waals surface area contributed by atoms with Crippen molar-refractivity contribution >= 4 is 0 Å². The van der Waals surface area contributed by atoms with Gasteiger partial charge in [-0.05, 0) is 37.0 Å². The highest BCUT2D eigenvalue weighted by atomic mass is 19.1. The summed E-state index contributed by atoms with van der Waals surface area (Å²) in [6.07, 6.45) is 4.04. The zero-order valence-electron chi connectivity index (χ0n) is 9.49. The second kappa shape index (κ2) is 4.93. The van der Waals surface area contributed by atoms with Gasteiger partial charge in [-0.3, -0.25) is 0 Å². The molecule has 1 heterocycles. The average molecular weight is 223 g/mol. The zero-order valence-corrected chi connectivity index (χ0v) is 9.49. The molecular weight excluding hydrogens is 205 g/mol. The molecule has 16 heavy (non-hydrogen) atoms. The van der Waals surface area contributed by atoms with E-state index < -0.39 is 0 Å². The van der Waals surface area contributed by atoms with Crippen LogP contribution in [0.15, 0.2) is 24.3 Å². The highest BCUT2D eigenvalue weighted by Gasteiger charge is 2.20. The van der Waals surface area contributed by atoms with Crippen LogP contribution in [0, 0.1) is 11.0 Å². The molecule has 1 aromatic carbocycles. The fourth-order valence-electron chi connectivity index (χ4n) is 2.30. The molecule has 1 fully saturated rings. The van der Waals surface area contributed by atoms with Crippen LogP contribution in [0.1, 0.15) is 24.8 Å². The summed E-state index contributed by atoms with van der Waals surface area (Å²) in [6, 6.07) is 6.46. The predicted molar refractivity (Wildman–Crippen MR) is 62.2 cm³/mol. The molecule has 2 nitrogen and oxygen atoms in total. The summed E-state index contributed by atoms with van der Waals surface area (Å²) in [4.78, 5) is 0. The summed E-state index contributed by atoms with van der Waals surface area (Å²) in [5, 5.41) is 12.2. The molecule has 0 saturated carbocycles. The molecular formula is C13H18FNO. The van der Waals surface area contributed by atoms with Crippen LogP contribution in [0.3, 0.4) is 0 Å². The first-order chi connectivity index (χ1) is 7.68. The second-order valence-electron chi connectivity index (χ2n) is 4.67. The molecule has 0 amide bonds. The zero-order chi connectivity index (χ0) is 11.4. The first kappa shape index (κ1) is 11.6. The van der Waals surface area contributed by atoms with Crippen molar-refractivity contribution in [3.8, 4) is 0 Å². The van der Waals surface area contributed by atoms with Crippen LogP contribution >= 0.6 is 0 Å². The predicted octanol–water partition coefficient (Wildman–Crippen LogP) is 2.87. The van der Waals surface area contributed by atoms with Crippen molar-refractivity contribution in [3.63, 3.8) is 0 Å². The summed E-state index contributed by atoms with van der Waals surface area (Å²) in [5.41, 5.74) is 1.06. The number of nitrogens with zero attached hydrogens (tertiary/aromatic N) is 1. The maximum absolute atomic E-state index is 12.7. The summed E-state index contributed by atoms with van der Waals surface area (Å²) < 4.78 is 12.6. The van der Waals surface area contributed by atoms with Crippen LogP contribution in [0.25, 0.3) is 0 Å². The normalized spacial score (nSPS) is 19.6. The third kappa shape index (κ3) is 3.03. The molecule has 0 aliphatic carbocycles. The van der Waals surface area contributed by atoms with E-state index in [0.717, 1.165) is 37.9 Å². The molecule has 0 spiro atoms. The lowest BCUT2D eigenvalue weighted by molar-refractivity contribution is -0.885. The third-order valence-corrected chi connectivity index (χ3v) is 3.35. The molecule has 0 N–H and O–H groups in total. The van der Waals surface area contributed by atoms with Gasteiger partial charge in [0, 0.05) is 6.42 Å². The largest absolute Gasteiger partial charge is 0.633 e. The van der Waals surface area contributed by atoms with Gasteiger partial charge in [0.25, 0.3) is 0 Å². The lowest BCUT2D eigenvalue weighted by Gasteiger charge is -2.45. The fourth-order valence-corrected chi connectivity index (χ4v) is 2.30. The Hall–Kier alpha value is -0.930. The van der Waals surface area contributed by atoms with E-state index in [0.29, 0.717) is 6.54 Å². The molecule has 0 atom stereocenters. The number of hydroxylamine groups is 3. The topological polar surface area (TPSA) is 23.1 Å². The lowest BCUT2D eigenvalue weighted by atomic mass is 10.1. The van der Waals surface area contributed by atoms with Gasteiger partial charge in [0.15, 0.2) is 0 Å². The summed E-state index contributed by atoms with van der Waals surface area (Å²) in [6.45, 7) is 2.13. The Labute approximate surface area is 95.9 Å². The molecule has 1 aliphatic heterocycles. The van der Waals surface area contributed by atoms with Crippen molar-refractivity contribution in [3.05, 3.63) is 40.9 Å². The average Bonchev–Trinajstić information content (AvgIpc) is 2.29. The van der Waals surface area contributed by atoms with Crippen LogP contribution in [-0.2, 0) is 6.42 Å². The summed E-state index contributed by atoms with van der Waals surface area (Å²) in [5.74, 6) is -0.215. The number of hydrogen-bond donors (Lipinski definition) is 0. The molecule has 1 saturated heterocycles. The summed E-state index contributed by atoms with van der Waals surface area (Å²) >= 11 is 0. The van der Waals surface area contributed by atoms with Gasteiger partial charge < -0.3 is 9.85 Å². The fraction of sp³-hybridized carbons (Fsp3) is 0.538. The first-order valence-electron chi connectivity index (χ1n) is 6.00. The van der Waals surface area contributed by atoms with Gasteiger partial charge in [-0.2, -0.15) is 0 Å². The van der Waals surface area contributed by atoms with E-state index in [2.05, 4.69) is 0 Å². The van der Waals surface area contributed by atoms with Gasteiger partial charge in [-0.25, -0.2) is 4.39 Å². The molecule has 1 aliphatic rings. The quantitative estimate of drug-likeness (QED) is 0.571. The standard InChI is InChI=1S/C13H18FNO/c14-13-6-4-12(5-7-13)8-11-15(16)9-2-1-3-10-15/h4-7H,1-3,8-11H2. The lowest BCUT2D eigenvalue weighted by Crippen LogP contribution is -2.47. The highest BCUT2D eigenvalue weighted by Crippen LogP contribution is 2.18. The molecule has 0 bridgehead atoms. The van der Waals surface area contributed by atoms with E-state index in [1.54, 1.807) is 12.1 Å². The SMILES string of the molecule is [O-][N+]1(CCc2ccc(F)cc2)CCCCC1. The number of quaternary nitrogens is 1. The van der Waals surface area contributed by atoms with E-state index in [1.807, 2.05) is 0 Å². The number of halogens is 1. The van der Waals surface area contributed by atoms with Crippen LogP contribution in [-0.4, -0.2) is 24.3 Å². The molecule has 1 aromatic rings. The molecule has 3 heteroatoms. The monoisotopic (exact) mass is 223 g/mol. The van der Waals surface area contributed by atoms with Crippen molar-refractivity contribution < 1.29 is 9.04 Å². The molecule has 88 valence electrons. The van der Waals surface area contributed by atoms with Crippen molar-refractivity contribution in [1.29, 1.82) is 0 Å². The number of hydrogen-bond acceptors (Lipinski definition) is 1. The molecule has 2 rings (SSSR count). The van der Waals surface area contributed by atoms with Gasteiger partial charge >= 0.3 is 0 Å². The molecule has 0 aromatic heterocycles. The minimum absolute atomic E-state index is 0.0582. The van der Waals surface area contributed by atoms with Crippen molar-refractivity contribution in [2.75, 3.05) is 19.6 Å². The first-order valence-corrected chi connectivity index (χ1v) is 6.00. The maximum atomic E-state index is 12.7. The second-order valence-corrected chi connectivity index (χ2v) is 4.67. The number of benzene rings is 1. The molecule has 0 radical (unpaired) electrons. The highest BCUT2D eigenvalue weighted by molar-refractivity contribution is 5.16. The Morgan fingerprint density at radius 1 is 1.06 bits per heavy atom. The van der Waals surface area contributed by atoms with Gasteiger partial charge in [-0.15, -0.1) is 0 Å². The Morgan fingerprint density at radius 3 is 2.31 bits per heavy atom. The minimum atomic E-state index is -0.215. The van der Waals surface area contributed by atoms with Crippen molar-refractivity contribution in [2.24, 2.45) is 0 Å². The third-order valence-electron chi connectivity index (χ3n) is 3.35. The Morgan fingerprint density at radius 2 is 1.69 bits per heavy atom. The van der Waals surface area contributed by atoms with Crippen molar-refractivity contribution in [2.45, 2.75) is 25.7 Å². The summed E-state index contributed by atoms with van der Waals surface area (Å²) in [7, 11) is 0. The maximum Gasteiger partial charge on any atom is 0.123 e. The van der Waals surface area contributed by atoms with Crippen molar-refractivity contribution in [1.82, 2.24) is 0 Å². The minimum Gasteiger partial charge on any atom is -0.633 e. The van der Waals surface area contributed by atoms with Crippen LogP contribution in [0.5, 0.6) is 0 Å². The number of rotatable bonds is 3. The molecule has 0 unspecified atom stereocenters. The van der Waals surface area contributed by atoms with Gasteiger partial charge in [0.2, 0.25) is 0 Å². The van der Waals surface area contributed by atoms with Crippen LogP contribution < -0.4 is 0 Å². The van der Waals surface area contributed by atoms with E-state index in [1.165, 1.54) is 18.6 Å². The van der Waals surface area contributed by atoms with Crippen LogP contribution in [0.4, 0.5) is 4.39 Å². The van der Waals surface area contributed by atoms with E-state index >= 15 is 0 Å². The van der Waals surface area contributed by atoms with E-state index in [4.69, 9.17) is 0 Å². The van der Waals surface area contributed by atoms with E-state index in [-0.39, 0.29) is 10.5 Å². The smallest absolute Gasteiger partial charge is 0.123 e. The Bertz CT molecular complexity index is 330. The Kier molecular flexibility index (Phi) is 3.56. The number of likely N-dealkylation sites (tertiary alicyclic amines) is 1. The van der Waals surface area contributed by atoms with Crippen LogP contribution in [0.2, 0.25) is 0 Å². The number of piperidine rings is 1.